The van der Waals surface area contributed by atoms with Gasteiger partial charge >= 0.3 is 0 Å². The lowest BCUT2D eigenvalue weighted by atomic mass is 9.82. The smallest absolute Gasteiger partial charge is 0.0125 e. The van der Waals surface area contributed by atoms with Crippen molar-refractivity contribution in [2.75, 3.05) is 0 Å². The minimum absolute atomic E-state index is 0.415. The highest BCUT2D eigenvalue weighted by Crippen LogP contribution is 2.51. The molecule has 0 amide bonds. The van der Waals surface area contributed by atoms with Crippen molar-refractivity contribution in [2.24, 2.45) is 5.41 Å². The Bertz CT molecular complexity index is 143. The summed E-state index contributed by atoms with van der Waals surface area (Å²) < 4.78 is 0. The van der Waals surface area contributed by atoms with Crippen molar-refractivity contribution >= 4 is 8.58 Å². The van der Waals surface area contributed by atoms with E-state index in [1.54, 1.807) is 0 Å². The molecule has 0 saturated carbocycles. The van der Waals surface area contributed by atoms with E-state index < -0.39 is 0 Å². The van der Waals surface area contributed by atoms with Crippen LogP contribution < -0.4 is 0 Å². The topological polar surface area (TPSA) is 0 Å². The molecule has 1 atom stereocenters. The molecule has 12 heavy (non-hydrogen) atoms. The van der Waals surface area contributed by atoms with Gasteiger partial charge in [-0.3, -0.25) is 0 Å². The molecule has 0 bridgehead atoms. The maximum absolute atomic E-state index is 2.39. The molecule has 0 nitrogen and oxygen atoms in total. The second-order valence-corrected chi connectivity index (χ2v) is 9.25. The van der Waals surface area contributed by atoms with Crippen molar-refractivity contribution in [3.05, 3.63) is 0 Å². The van der Waals surface area contributed by atoms with Gasteiger partial charge in [-0.1, -0.05) is 55.4 Å². The summed E-state index contributed by atoms with van der Waals surface area (Å²) in [5.74, 6) is 0. The van der Waals surface area contributed by atoms with Crippen molar-refractivity contribution in [3.63, 3.8) is 0 Å². The molecule has 0 aliphatic rings. The average Bonchev–Trinajstić information content (AvgIpc) is 1.52. The van der Waals surface area contributed by atoms with E-state index in [-0.39, 0.29) is 0 Å². The summed E-state index contributed by atoms with van der Waals surface area (Å²) in [6.07, 6.45) is 0. The Kier molecular flexibility index (Phi) is 3.41. The third kappa shape index (κ3) is 3.90. The normalized spacial score (nSPS) is 16.0. The van der Waals surface area contributed by atoms with Gasteiger partial charge in [0.25, 0.3) is 0 Å². The van der Waals surface area contributed by atoms with E-state index in [1.165, 1.54) is 0 Å². The van der Waals surface area contributed by atoms with Crippen LogP contribution in [0.5, 0.6) is 0 Å². The second kappa shape index (κ2) is 3.29. The monoisotopic (exact) mass is 188 g/mol. The van der Waals surface area contributed by atoms with Crippen LogP contribution in [0, 0.1) is 5.41 Å². The first-order valence-electron chi connectivity index (χ1n) is 4.75. The number of rotatable bonds is 1. The van der Waals surface area contributed by atoms with Crippen LogP contribution in [0.2, 0.25) is 0 Å². The zero-order chi connectivity index (χ0) is 10.2. The molecule has 1 heteroatoms. The molecule has 74 valence electrons. The van der Waals surface area contributed by atoms with E-state index in [1.807, 2.05) is 0 Å². The van der Waals surface area contributed by atoms with Crippen molar-refractivity contribution in [1.82, 2.24) is 0 Å². The number of hydrogen-bond acceptors (Lipinski definition) is 0. The van der Waals surface area contributed by atoms with Gasteiger partial charge in [0.2, 0.25) is 0 Å². The van der Waals surface area contributed by atoms with Gasteiger partial charge in [-0.25, -0.2) is 0 Å². The molecule has 0 aliphatic carbocycles. The summed E-state index contributed by atoms with van der Waals surface area (Å²) in [4.78, 5) is 0. The fourth-order valence-electron chi connectivity index (χ4n) is 1.12. The maximum Gasteiger partial charge on any atom is -0.0125 e. The predicted molar refractivity (Wildman–Crippen MR) is 61.6 cm³/mol. The Morgan fingerprint density at radius 3 is 1.08 bits per heavy atom. The van der Waals surface area contributed by atoms with E-state index in [4.69, 9.17) is 0 Å². The van der Waals surface area contributed by atoms with Crippen molar-refractivity contribution in [3.8, 4) is 0 Å². The van der Waals surface area contributed by atoms with Crippen LogP contribution in [0.1, 0.15) is 55.4 Å². The lowest BCUT2D eigenvalue weighted by molar-refractivity contribution is 0.313. The van der Waals surface area contributed by atoms with E-state index in [0.29, 0.717) is 15.7 Å². The lowest BCUT2D eigenvalue weighted by Gasteiger charge is -2.43. The first-order chi connectivity index (χ1) is 4.96. The fourth-order valence-corrected chi connectivity index (χ4v) is 3.38. The minimum Gasteiger partial charge on any atom is -0.110 e. The Morgan fingerprint density at radius 2 is 1.00 bits per heavy atom. The summed E-state index contributed by atoms with van der Waals surface area (Å²) >= 11 is 0. The molecular weight excluding hydrogens is 163 g/mol. The third-order valence-electron chi connectivity index (χ3n) is 2.56. The molecule has 0 fully saturated rings. The summed E-state index contributed by atoms with van der Waals surface area (Å²) in [6.45, 7) is 18.8. The number of hydrogen-bond donors (Lipinski definition) is 0. The van der Waals surface area contributed by atoms with Crippen LogP contribution in [-0.2, 0) is 0 Å². The van der Waals surface area contributed by atoms with Crippen molar-refractivity contribution in [1.29, 1.82) is 0 Å². The molecule has 0 heterocycles. The largest absolute Gasteiger partial charge is 0.110 e. The summed E-state index contributed by atoms with van der Waals surface area (Å²) in [5.41, 5.74) is 0.415. The van der Waals surface area contributed by atoms with Crippen LogP contribution in [0.15, 0.2) is 0 Å². The van der Waals surface area contributed by atoms with E-state index >= 15 is 0 Å². The Labute approximate surface area is 80.3 Å². The van der Waals surface area contributed by atoms with Crippen LogP contribution in [0.4, 0.5) is 0 Å². The van der Waals surface area contributed by atoms with Gasteiger partial charge in [-0.05, 0) is 15.7 Å². The molecule has 0 aromatic heterocycles. The van der Waals surface area contributed by atoms with Crippen molar-refractivity contribution < 1.29 is 0 Å². The van der Waals surface area contributed by atoms with Gasteiger partial charge in [0.1, 0.15) is 0 Å². The standard InChI is InChI=1S/C11H25P/c1-9(2,3)11(7,8)12-10(4,5)6/h12H,1-8H3. The summed E-state index contributed by atoms with van der Waals surface area (Å²) in [6, 6.07) is 0. The maximum atomic E-state index is 2.39. The Balaban J connectivity index is 4.44. The van der Waals surface area contributed by atoms with E-state index in [2.05, 4.69) is 55.4 Å². The van der Waals surface area contributed by atoms with Gasteiger partial charge in [0.15, 0.2) is 0 Å². The summed E-state index contributed by atoms with van der Waals surface area (Å²) in [7, 11) is 1.02. The third-order valence-corrected chi connectivity index (χ3v) is 4.69. The molecule has 0 spiro atoms. The lowest BCUT2D eigenvalue weighted by Crippen LogP contribution is -2.35. The first-order valence-corrected chi connectivity index (χ1v) is 5.75. The van der Waals surface area contributed by atoms with Gasteiger partial charge in [0, 0.05) is 0 Å². The highest BCUT2D eigenvalue weighted by atomic mass is 31.1. The molecule has 0 saturated heterocycles. The highest BCUT2D eigenvalue weighted by Gasteiger charge is 2.35. The Morgan fingerprint density at radius 1 is 0.667 bits per heavy atom. The van der Waals surface area contributed by atoms with Crippen LogP contribution in [0.25, 0.3) is 0 Å². The van der Waals surface area contributed by atoms with E-state index in [9.17, 15) is 0 Å². The molecule has 0 N–H and O–H groups in total. The molecule has 0 aliphatic heterocycles. The minimum atomic E-state index is 0.415. The predicted octanol–water partition coefficient (Wildman–Crippen LogP) is 4.29. The van der Waals surface area contributed by atoms with Gasteiger partial charge in [-0.2, -0.15) is 0 Å². The molecule has 0 radical (unpaired) electrons. The van der Waals surface area contributed by atoms with Gasteiger partial charge in [0.05, 0.1) is 0 Å². The van der Waals surface area contributed by atoms with Crippen LogP contribution in [0.3, 0.4) is 0 Å². The Hall–Kier alpha value is 0.430. The molecule has 0 rings (SSSR count). The zero-order valence-corrected chi connectivity index (χ0v) is 11.0. The molecule has 0 aromatic rings. The van der Waals surface area contributed by atoms with Crippen LogP contribution >= 0.6 is 8.58 Å². The highest BCUT2D eigenvalue weighted by molar-refractivity contribution is 7.41. The molecule has 1 unspecified atom stereocenters. The average molecular weight is 188 g/mol. The first kappa shape index (κ1) is 12.4. The van der Waals surface area contributed by atoms with Crippen LogP contribution in [-0.4, -0.2) is 10.3 Å². The quantitative estimate of drug-likeness (QED) is 0.538. The second-order valence-electron chi connectivity index (χ2n) is 6.25. The van der Waals surface area contributed by atoms with Gasteiger partial charge in [-0.15, -0.1) is 8.58 Å². The SMILES string of the molecule is CC(C)(C)PC(C)(C)C(C)(C)C. The fraction of sp³-hybridized carbons (Fsp3) is 1.00. The molecular formula is C11H25P. The van der Waals surface area contributed by atoms with E-state index in [0.717, 1.165) is 8.58 Å². The molecule has 0 aromatic carbocycles. The zero-order valence-electron chi connectivity index (χ0n) is 10.0. The summed E-state index contributed by atoms with van der Waals surface area (Å²) in [5, 5.41) is 0.919. The van der Waals surface area contributed by atoms with Crippen molar-refractivity contribution in [2.45, 2.75) is 65.7 Å². The van der Waals surface area contributed by atoms with Gasteiger partial charge < -0.3 is 0 Å².